The molecule has 0 aromatic heterocycles. The molecule has 3 nitrogen and oxygen atoms in total. The van der Waals surface area contributed by atoms with E-state index in [1.165, 1.54) is 6.42 Å². The second kappa shape index (κ2) is 2.47. The second-order valence-electron chi connectivity index (χ2n) is 4.92. The molecule has 13 heavy (non-hydrogen) atoms. The minimum atomic E-state index is -0.312. The van der Waals surface area contributed by atoms with Crippen molar-refractivity contribution in [3.8, 4) is 0 Å². The van der Waals surface area contributed by atoms with Gasteiger partial charge in [-0.3, -0.25) is 0 Å². The Hall–Kier alpha value is -0.570. The monoisotopic (exact) mass is 183 g/mol. The number of ether oxygens (including phenoxy) is 1. The van der Waals surface area contributed by atoms with E-state index in [1.807, 2.05) is 6.92 Å². The molecule has 2 bridgehead atoms. The lowest BCUT2D eigenvalue weighted by molar-refractivity contribution is -0.179. The van der Waals surface area contributed by atoms with Crippen molar-refractivity contribution in [2.75, 3.05) is 0 Å². The van der Waals surface area contributed by atoms with E-state index in [0.29, 0.717) is 5.92 Å². The summed E-state index contributed by atoms with van der Waals surface area (Å²) in [6, 6.07) is 0. The topological polar surface area (TPSA) is 41.8 Å². The van der Waals surface area contributed by atoms with Crippen molar-refractivity contribution in [1.29, 1.82) is 0 Å². The Morgan fingerprint density at radius 3 is 2.62 bits per heavy atom. The fourth-order valence-corrected chi connectivity index (χ4v) is 2.66. The SMILES string of the molecule is CC12CCC(CC1=NO)C(C)(C)O2. The summed E-state index contributed by atoms with van der Waals surface area (Å²) in [5, 5.41) is 12.2. The largest absolute Gasteiger partial charge is 0.411 e. The molecule has 0 aromatic carbocycles. The molecule has 0 radical (unpaired) electrons. The van der Waals surface area contributed by atoms with Crippen molar-refractivity contribution in [2.45, 2.75) is 51.2 Å². The molecule has 3 aliphatic rings. The van der Waals surface area contributed by atoms with Gasteiger partial charge in [-0.2, -0.15) is 0 Å². The summed E-state index contributed by atoms with van der Waals surface area (Å²) < 4.78 is 5.97. The Balaban J connectivity index is 2.34. The summed E-state index contributed by atoms with van der Waals surface area (Å²) in [5.74, 6) is 0.514. The van der Waals surface area contributed by atoms with Crippen LogP contribution in [0.25, 0.3) is 0 Å². The highest BCUT2D eigenvalue weighted by Crippen LogP contribution is 2.47. The van der Waals surface area contributed by atoms with Gasteiger partial charge < -0.3 is 9.94 Å². The maximum Gasteiger partial charge on any atom is 0.107 e. The Labute approximate surface area is 78.8 Å². The van der Waals surface area contributed by atoms with Crippen LogP contribution < -0.4 is 0 Å². The molecule has 0 spiro atoms. The summed E-state index contributed by atoms with van der Waals surface area (Å²) in [4.78, 5) is 0. The van der Waals surface area contributed by atoms with Gasteiger partial charge in [-0.15, -0.1) is 0 Å². The molecule has 2 unspecified atom stereocenters. The van der Waals surface area contributed by atoms with E-state index >= 15 is 0 Å². The second-order valence-corrected chi connectivity index (χ2v) is 4.92. The molecule has 3 rings (SSSR count). The first-order valence-corrected chi connectivity index (χ1v) is 4.89. The van der Waals surface area contributed by atoms with Gasteiger partial charge in [-0.1, -0.05) is 5.16 Å². The molecular weight excluding hydrogens is 166 g/mol. The molecule has 0 aromatic rings. The number of hydrogen-bond donors (Lipinski definition) is 1. The third-order valence-corrected chi connectivity index (χ3v) is 3.61. The molecule has 2 aliphatic heterocycles. The highest BCUT2D eigenvalue weighted by atomic mass is 16.5. The minimum Gasteiger partial charge on any atom is -0.411 e. The van der Waals surface area contributed by atoms with Crippen LogP contribution in [-0.2, 0) is 4.74 Å². The molecule has 2 heterocycles. The molecule has 3 fully saturated rings. The average molecular weight is 183 g/mol. The van der Waals surface area contributed by atoms with Crippen molar-refractivity contribution < 1.29 is 9.94 Å². The van der Waals surface area contributed by atoms with Gasteiger partial charge >= 0.3 is 0 Å². The maximum absolute atomic E-state index is 8.86. The summed E-state index contributed by atoms with van der Waals surface area (Å²) in [7, 11) is 0. The predicted octanol–water partition coefficient (Wildman–Crippen LogP) is 2.18. The zero-order valence-electron chi connectivity index (χ0n) is 8.50. The van der Waals surface area contributed by atoms with Crippen molar-refractivity contribution >= 4 is 5.71 Å². The number of fused-ring (bicyclic) bond motifs is 3. The van der Waals surface area contributed by atoms with Crippen molar-refractivity contribution in [3.63, 3.8) is 0 Å². The molecule has 1 saturated carbocycles. The first kappa shape index (κ1) is 9.00. The molecule has 74 valence electrons. The number of hydrogen-bond acceptors (Lipinski definition) is 3. The van der Waals surface area contributed by atoms with Gasteiger partial charge in [0.15, 0.2) is 0 Å². The fraction of sp³-hybridized carbons (Fsp3) is 0.900. The Bertz CT molecular complexity index is 260. The minimum absolute atomic E-state index is 0.0544. The van der Waals surface area contributed by atoms with E-state index in [-0.39, 0.29) is 11.2 Å². The lowest BCUT2D eigenvalue weighted by Gasteiger charge is -2.53. The molecule has 1 N–H and O–H groups in total. The first-order valence-electron chi connectivity index (χ1n) is 4.89. The van der Waals surface area contributed by atoms with Crippen LogP contribution >= 0.6 is 0 Å². The predicted molar refractivity (Wildman–Crippen MR) is 50.1 cm³/mol. The average Bonchev–Trinajstić information content (AvgIpc) is 2.01. The van der Waals surface area contributed by atoms with Crippen LogP contribution in [0.15, 0.2) is 5.16 Å². The molecule has 1 aliphatic carbocycles. The van der Waals surface area contributed by atoms with Gasteiger partial charge in [-0.25, -0.2) is 0 Å². The van der Waals surface area contributed by atoms with Crippen LogP contribution in [0.3, 0.4) is 0 Å². The molecular formula is C10H17NO2. The lowest BCUT2D eigenvalue weighted by Crippen LogP contribution is -2.59. The Morgan fingerprint density at radius 1 is 1.46 bits per heavy atom. The summed E-state index contributed by atoms with van der Waals surface area (Å²) >= 11 is 0. The quantitative estimate of drug-likeness (QED) is 0.462. The molecule has 2 atom stereocenters. The fourth-order valence-electron chi connectivity index (χ4n) is 2.66. The zero-order valence-corrected chi connectivity index (χ0v) is 8.50. The summed E-state index contributed by atoms with van der Waals surface area (Å²) in [5.41, 5.74) is 0.455. The first-order chi connectivity index (χ1) is 5.98. The van der Waals surface area contributed by atoms with Gasteiger partial charge in [0.25, 0.3) is 0 Å². The van der Waals surface area contributed by atoms with E-state index in [1.54, 1.807) is 0 Å². The van der Waals surface area contributed by atoms with E-state index in [9.17, 15) is 0 Å². The summed E-state index contributed by atoms with van der Waals surface area (Å²) in [6.45, 7) is 6.28. The number of nitrogens with zero attached hydrogens (tertiary/aromatic N) is 1. The van der Waals surface area contributed by atoms with Gasteiger partial charge in [-0.05, 0) is 46.0 Å². The zero-order chi connectivity index (χ0) is 9.69. The van der Waals surface area contributed by atoms with Crippen LogP contribution in [-0.4, -0.2) is 22.1 Å². The lowest BCUT2D eigenvalue weighted by atomic mass is 9.68. The van der Waals surface area contributed by atoms with E-state index in [0.717, 1.165) is 18.6 Å². The normalized spacial score (nSPS) is 45.5. The van der Waals surface area contributed by atoms with Crippen LogP contribution in [0.4, 0.5) is 0 Å². The van der Waals surface area contributed by atoms with Crippen LogP contribution in [0.5, 0.6) is 0 Å². The maximum atomic E-state index is 8.86. The van der Waals surface area contributed by atoms with Gasteiger partial charge in [0, 0.05) is 0 Å². The van der Waals surface area contributed by atoms with Crippen LogP contribution in [0.2, 0.25) is 0 Å². The van der Waals surface area contributed by atoms with E-state index in [2.05, 4.69) is 19.0 Å². The smallest absolute Gasteiger partial charge is 0.107 e. The van der Waals surface area contributed by atoms with Crippen LogP contribution in [0, 0.1) is 5.92 Å². The van der Waals surface area contributed by atoms with Crippen molar-refractivity contribution in [1.82, 2.24) is 0 Å². The number of oxime groups is 1. The third-order valence-electron chi connectivity index (χ3n) is 3.61. The Kier molecular flexibility index (Phi) is 1.71. The van der Waals surface area contributed by atoms with E-state index in [4.69, 9.17) is 9.94 Å². The van der Waals surface area contributed by atoms with E-state index < -0.39 is 0 Å². The van der Waals surface area contributed by atoms with Gasteiger partial charge in [0.1, 0.15) is 5.60 Å². The summed E-state index contributed by atoms with van der Waals surface area (Å²) in [6.07, 6.45) is 3.06. The standard InChI is InChI=1S/C10H17NO2/c1-9(2)7-4-5-10(3,13-9)8(6-7)11-12/h7,12H,4-6H2,1-3H3. The number of rotatable bonds is 0. The molecule has 0 amide bonds. The third kappa shape index (κ3) is 1.17. The molecule has 3 heteroatoms. The Morgan fingerprint density at radius 2 is 2.15 bits per heavy atom. The highest BCUT2D eigenvalue weighted by Gasteiger charge is 2.52. The van der Waals surface area contributed by atoms with Crippen molar-refractivity contribution in [2.24, 2.45) is 11.1 Å². The van der Waals surface area contributed by atoms with Crippen molar-refractivity contribution in [3.05, 3.63) is 0 Å². The molecule has 2 saturated heterocycles. The van der Waals surface area contributed by atoms with Gasteiger partial charge in [0.2, 0.25) is 0 Å². The van der Waals surface area contributed by atoms with Gasteiger partial charge in [0.05, 0.1) is 11.3 Å². The van der Waals surface area contributed by atoms with Crippen LogP contribution in [0.1, 0.15) is 40.0 Å². The highest BCUT2D eigenvalue weighted by molar-refractivity contribution is 5.93.